The minimum Gasteiger partial charge on any atom is -0.491 e. The van der Waals surface area contributed by atoms with Crippen molar-refractivity contribution in [2.45, 2.75) is 76.7 Å². The van der Waals surface area contributed by atoms with Crippen molar-refractivity contribution in [3.63, 3.8) is 0 Å². The van der Waals surface area contributed by atoms with E-state index in [1.54, 1.807) is 18.2 Å². The first-order chi connectivity index (χ1) is 17.1. The molecule has 5 N–H and O–H groups in total. The SMILES string of the molecule is CC(C)Oc1ccc(Cc2ccc(COC(=O)CO)cc2O[C@@H]2O[C@H]([C@@H](C)O)[C@@H](O)[C@H](O)[C@H]2O)cc1. The highest BCUT2D eigenvalue weighted by molar-refractivity contribution is 5.70. The third-order valence-electron chi connectivity index (χ3n) is 5.68. The van der Waals surface area contributed by atoms with E-state index in [0.29, 0.717) is 17.5 Å². The number of ether oxygens (including phenoxy) is 4. The summed E-state index contributed by atoms with van der Waals surface area (Å²) in [6.07, 6.45) is -7.93. The van der Waals surface area contributed by atoms with Gasteiger partial charge in [0, 0.05) is 6.42 Å². The molecule has 1 aliphatic rings. The average Bonchev–Trinajstić information content (AvgIpc) is 2.84. The molecule has 0 unspecified atom stereocenters. The van der Waals surface area contributed by atoms with E-state index in [1.165, 1.54) is 6.92 Å². The van der Waals surface area contributed by atoms with E-state index in [1.807, 2.05) is 38.1 Å². The standard InChI is InChI=1S/C26H34O10/c1-14(2)34-19-8-5-16(6-9-19)10-18-7-4-17(13-33-21(29)12-27)11-20(18)35-26-24(32)22(30)23(31)25(36-26)15(3)28/h4-9,11,14-15,22-28,30-32H,10,12-13H2,1-3H3/t15-,22+,23+,24-,25-,26-/m1/s1. The minimum absolute atomic E-state index is 0.0459. The number of aliphatic hydroxyl groups excluding tert-OH is 5. The fourth-order valence-electron chi connectivity index (χ4n) is 3.83. The van der Waals surface area contributed by atoms with Crippen molar-refractivity contribution in [3.8, 4) is 11.5 Å². The van der Waals surface area contributed by atoms with Gasteiger partial charge in [0.2, 0.25) is 6.29 Å². The molecule has 1 fully saturated rings. The Morgan fingerprint density at radius 2 is 1.64 bits per heavy atom. The lowest BCUT2D eigenvalue weighted by atomic mass is 9.96. The maximum atomic E-state index is 11.4. The number of hydrogen-bond donors (Lipinski definition) is 5. The van der Waals surface area contributed by atoms with Crippen LogP contribution in [0.3, 0.4) is 0 Å². The zero-order chi connectivity index (χ0) is 26.4. The van der Waals surface area contributed by atoms with Gasteiger partial charge < -0.3 is 44.5 Å². The van der Waals surface area contributed by atoms with Crippen LogP contribution in [0.5, 0.6) is 11.5 Å². The van der Waals surface area contributed by atoms with Crippen LogP contribution in [0.4, 0.5) is 0 Å². The summed E-state index contributed by atoms with van der Waals surface area (Å²) < 4.78 is 22.2. The molecule has 6 atom stereocenters. The number of aliphatic hydroxyl groups is 5. The molecule has 0 radical (unpaired) electrons. The van der Waals surface area contributed by atoms with Gasteiger partial charge in [0.05, 0.1) is 12.2 Å². The highest BCUT2D eigenvalue weighted by Gasteiger charge is 2.46. The largest absolute Gasteiger partial charge is 0.491 e. The fraction of sp³-hybridized carbons (Fsp3) is 0.500. The first-order valence-electron chi connectivity index (χ1n) is 11.8. The summed E-state index contributed by atoms with van der Waals surface area (Å²) in [6, 6.07) is 12.6. The van der Waals surface area contributed by atoms with Crippen molar-refractivity contribution in [2.24, 2.45) is 0 Å². The van der Waals surface area contributed by atoms with Gasteiger partial charge in [-0.05, 0) is 55.7 Å². The maximum Gasteiger partial charge on any atom is 0.332 e. The zero-order valence-corrected chi connectivity index (χ0v) is 20.5. The van der Waals surface area contributed by atoms with Crippen LogP contribution in [-0.2, 0) is 27.3 Å². The van der Waals surface area contributed by atoms with Gasteiger partial charge in [-0.25, -0.2) is 4.79 Å². The summed E-state index contributed by atoms with van der Waals surface area (Å²) in [5.41, 5.74) is 2.20. The number of benzene rings is 2. The summed E-state index contributed by atoms with van der Waals surface area (Å²) in [4.78, 5) is 11.4. The van der Waals surface area contributed by atoms with Crippen LogP contribution in [-0.4, -0.2) is 81.0 Å². The molecule has 198 valence electrons. The molecular formula is C26H34O10. The predicted octanol–water partition coefficient (Wildman–Crippen LogP) is 0.667. The lowest BCUT2D eigenvalue weighted by molar-refractivity contribution is -0.286. The predicted molar refractivity (Wildman–Crippen MR) is 127 cm³/mol. The Labute approximate surface area is 209 Å². The molecule has 2 aromatic carbocycles. The second-order valence-electron chi connectivity index (χ2n) is 9.05. The Morgan fingerprint density at radius 1 is 0.972 bits per heavy atom. The molecule has 2 aromatic rings. The number of carbonyl (C=O) groups excluding carboxylic acids is 1. The molecule has 1 aliphatic heterocycles. The second kappa shape index (κ2) is 12.5. The van der Waals surface area contributed by atoms with Crippen LogP contribution in [0.1, 0.15) is 37.5 Å². The second-order valence-corrected chi connectivity index (χ2v) is 9.05. The van der Waals surface area contributed by atoms with Crippen molar-refractivity contribution >= 4 is 5.97 Å². The van der Waals surface area contributed by atoms with Crippen LogP contribution in [0.15, 0.2) is 42.5 Å². The van der Waals surface area contributed by atoms with Gasteiger partial charge in [0.25, 0.3) is 0 Å². The molecular weight excluding hydrogens is 472 g/mol. The van der Waals surface area contributed by atoms with Crippen LogP contribution in [0.25, 0.3) is 0 Å². The summed E-state index contributed by atoms with van der Waals surface area (Å²) >= 11 is 0. The van der Waals surface area contributed by atoms with Gasteiger partial charge in [-0.1, -0.05) is 24.3 Å². The third kappa shape index (κ3) is 7.16. The molecule has 1 heterocycles. The zero-order valence-electron chi connectivity index (χ0n) is 20.5. The third-order valence-corrected chi connectivity index (χ3v) is 5.68. The van der Waals surface area contributed by atoms with E-state index in [0.717, 1.165) is 11.3 Å². The lowest BCUT2D eigenvalue weighted by Crippen LogP contribution is -2.61. The molecule has 0 bridgehead atoms. The molecule has 36 heavy (non-hydrogen) atoms. The van der Waals surface area contributed by atoms with Crippen LogP contribution < -0.4 is 9.47 Å². The summed E-state index contributed by atoms with van der Waals surface area (Å²) in [5.74, 6) is 0.238. The van der Waals surface area contributed by atoms with Crippen molar-refractivity contribution in [3.05, 3.63) is 59.2 Å². The van der Waals surface area contributed by atoms with Gasteiger partial charge in [-0.3, -0.25) is 0 Å². The fourth-order valence-corrected chi connectivity index (χ4v) is 3.83. The van der Waals surface area contributed by atoms with E-state index < -0.39 is 49.4 Å². The molecule has 0 aromatic heterocycles. The summed E-state index contributed by atoms with van der Waals surface area (Å²) in [5, 5.41) is 49.7. The smallest absolute Gasteiger partial charge is 0.332 e. The van der Waals surface area contributed by atoms with Gasteiger partial charge >= 0.3 is 5.97 Å². The molecule has 0 amide bonds. The molecule has 3 rings (SSSR count). The van der Waals surface area contributed by atoms with Gasteiger partial charge in [0.15, 0.2) is 0 Å². The quantitative estimate of drug-likeness (QED) is 0.290. The van der Waals surface area contributed by atoms with Gasteiger partial charge in [-0.15, -0.1) is 0 Å². The Bertz CT molecular complexity index is 991. The Hall–Kier alpha value is -2.73. The topological polar surface area (TPSA) is 155 Å². The highest BCUT2D eigenvalue weighted by Crippen LogP contribution is 2.30. The van der Waals surface area contributed by atoms with Crippen molar-refractivity contribution in [1.82, 2.24) is 0 Å². The Morgan fingerprint density at radius 3 is 2.25 bits per heavy atom. The normalized spacial score (nSPS) is 24.9. The highest BCUT2D eigenvalue weighted by atomic mass is 16.7. The van der Waals surface area contributed by atoms with E-state index in [4.69, 9.17) is 24.1 Å². The molecule has 10 nitrogen and oxygen atoms in total. The lowest BCUT2D eigenvalue weighted by Gasteiger charge is -2.41. The monoisotopic (exact) mass is 506 g/mol. The van der Waals surface area contributed by atoms with Crippen LogP contribution >= 0.6 is 0 Å². The number of rotatable bonds is 10. The summed E-state index contributed by atoms with van der Waals surface area (Å²) in [7, 11) is 0. The Balaban J connectivity index is 1.86. The minimum atomic E-state index is -1.60. The molecule has 0 aliphatic carbocycles. The van der Waals surface area contributed by atoms with E-state index >= 15 is 0 Å². The summed E-state index contributed by atoms with van der Waals surface area (Å²) in [6.45, 7) is 4.40. The number of hydrogen-bond acceptors (Lipinski definition) is 10. The number of carbonyl (C=O) groups is 1. The molecule has 0 spiro atoms. The van der Waals surface area contributed by atoms with Crippen LogP contribution in [0.2, 0.25) is 0 Å². The van der Waals surface area contributed by atoms with E-state index in [9.17, 15) is 25.2 Å². The van der Waals surface area contributed by atoms with E-state index in [2.05, 4.69) is 0 Å². The maximum absolute atomic E-state index is 11.4. The van der Waals surface area contributed by atoms with E-state index in [-0.39, 0.29) is 18.5 Å². The van der Waals surface area contributed by atoms with Crippen molar-refractivity contribution in [2.75, 3.05) is 6.61 Å². The molecule has 0 saturated carbocycles. The van der Waals surface area contributed by atoms with Crippen molar-refractivity contribution < 1.29 is 49.3 Å². The van der Waals surface area contributed by atoms with Crippen molar-refractivity contribution in [1.29, 1.82) is 0 Å². The number of esters is 1. The van der Waals surface area contributed by atoms with Gasteiger partial charge in [0.1, 0.15) is 49.1 Å². The average molecular weight is 507 g/mol. The Kier molecular flexibility index (Phi) is 9.66. The first-order valence-corrected chi connectivity index (χ1v) is 11.8. The first kappa shape index (κ1) is 27.9. The molecule has 1 saturated heterocycles. The molecule has 10 heteroatoms. The van der Waals surface area contributed by atoms with Gasteiger partial charge in [-0.2, -0.15) is 0 Å². The van der Waals surface area contributed by atoms with Crippen LogP contribution in [0, 0.1) is 0 Å².